The number of nitrogens with zero attached hydrogens (tertiary/aromatic N) is 3. The monoisotopic (exact) mass is 244 g/mol. The van der Waals surface area contributed by atoms with E-state index in [1.54, 1.807) is 12.3 Å². The van der Waals surface area contributed by atoms with Gasteiger partial charge < -0.3 is 10.7 Å². The molecule has 2 rings (SSSR count). The Bertz CT molecular complexity index is 540. The van der Waals surface area contributed by atoms with Crippen molar-refractivity contribution in [1.82, 2.24) is 15.0 Å². The quantitative estimate of drug-likeness (QED) is 0.556. The standard InChI is InChI=1S/C12H16N6/c1-8-6-14-4-3-10(8)7-15-11-5-12(18-13)17-9(2)16-11/h3-6H,7,13H2,1-2H3,(H2,15,16,17,18). The van der Waals surface area contributed by atoms with Gasteiger partial charge >= 0.3 is 0 Å². The number of nitrogens with one attached hydrogen (secondary N) is 2. The van der Waals surface area contributed by atoms with E-state index in [1.165, 1.54) is 5.56 Å². The van der Waals surface area contributed by atoms with Gasteiger partial charge in [-0.3, -0.25) is 4.98 Å². The summed E-state index contributed by atoms with van der Waals surface area (Å²) < 4.78 is 0. The first-order valence-electron chi connectivity index (χ1n) is 5.64. The fourth-order valence-corrected chi connectivity index (χ4v) is 1.62. The first-order valence-corrected chi connectivity index (χ1v) is 5.64. The summed E-state index contributed by atoms with van der Waals surface area (Å²) in [5.74, 6) is 7.34. The predicted molar refractivity (Wildman–Crippen MR) is 70.9 cm³/mol. The molecule has 2 aromatic heterocycles. The number of hydrogen-bond donors (Lipinski definition) is 3. The zero-order valence-electron chi connectivity index (χ0n) is 10.4. The maximum Gasteiger partial charge on any atom is 0.145 e. The second kappa shape index (κ2) is 5.42. The minimum Gasteiger partial charge on any atom is -0.366 e. The Morgan fingerprint density at radius 3 is 2.72 bits per heavy atom. The van der Waals surface area contributed by atoms with Gasteiger partial charge in [-0.25, -0.2) is 15.8 Å². The molecule has 6 heteroatoms. The Morgan fingerprint density at radius 1 is 1.22 bits per heavy atom. The molecule has 6 nitrogen and oxygen atoms in total. The zero-order chi connectivity index (χ0) is 13.0. The maximum absolute atomic E-state index is 5.34. The van der Waals surface area contributed by atoms with E-state index in [4.69, 9.17) is 5.84 Å². The lowest BCUT2D eigenvalue weighted by molar-refractivity contribution is 1.01. The summed E-state index contributed by atoms with van der Waals surface area (Å²) in [7, 11) is 0. The van der Waals surface area contributed by atoms with Crippen LogP contribution in [0.15, 0.2) is 24.5 Å². The van der Waals surface area contributed by atoms with Crippen LogP contribution in [0.3, 0.4) is 0 Å². The normalized spacial score (nSPS) is 10.2. The molecule has 0 bridgehead atoms. The minimum absolute atomic E-state index is 0.594. The van der Waals surface area contributed by atoms with Crippen molar-refractivity contribution in [3.8, 4) is 0 Å². The number of hydrogen-bond acceptors (Lipinski definition) is 6. The van der Waals surface area contributed by atoms with E-state index in [-0.39, 0.29) is 0 Å². The van der Waals surface area contributed by atoms with Gasteiger partial charge in [0.2, 0.25) is 0 Å². The zero-order valence-corrected chi connectivity index (χ0v) is 10.4. The summed E-state index contributed by atoms with van der Waals surface area (Å²) in [6.45, 7) is 4.54. The SMILES string of the molecule is Cc1nc(NN)cc(NCc2ccncc2C)n1. The van der Waals surface area contributed by atoms with Crippen LogP contribution in [0.25, 0.3) is 0 Å². The van der Waals surface area contributed by atoms with Crippen LogP contribution in [-0.2, 0) is 6.54 Å². The van der Waals surface area contributed by atoms with E-state index in [2.05, 4.69) is 25.7 Å². The Morgan fingerprint density at radius 2 is 2.00 bits per heavy atom. The Hall–Kier alpha value is -2.21. The molecule has 0 spiro atoms. The second-order valence-corrected chi connectivity index (χ2v) is 3.99. The molecule has 2 aromatic rings. The lowest BCUT2D eigenvalue weighted by Gasteiger charge is -2.09. The highest BCUT2D eigenvalue weighted by Gasteiger charge is 2.02. The topological polar surface area (TPSA) is 88.8 Å². The molecule has 18 heavy (non-hydrogen) atoms. The van der Waals surface area contributed by atoms with Gasteiger partial charge in [-0.2, -0.15) is 0 Å². The molecule has 0 unspecified atom stereocenters. The van der Waals surface area contributed by atoms with E-state index in [0.29, 0.717) is 18.2 Å². The van der Waals surface area contributed by atoms with Crippen LogP contribution in [0.1, 0.15) is 17.0 Å². The third-order valence-electron chi connectivity index (χ3n) is 2.58. The Balaban J connectivity index is 2.11. The fourth-order valence-electron chi connectivity index (χ4n) is 1.62. The van der Waals surface area contributed by atoms with Crippen molar-refractivity contribution in [3.05, 3.63) is 41.5 Å². The first-order chi connectivity index (χ1) is 8.69. The number of pyridine rings is 1. The summed E-state index contributed by atoms with van der Waals surface area (Å²) in [5.41, 5.74) is 4.85. The van der Waals surface area contributed by atoms with E-state index in [9.17, 15) is 0 Å². The third kappa shape index (κ3) is 2.92. The molecule has 0 saturated heterocycles. The molecular formula is C12H16N6. The average molecular weight is 244 g/mol. The van der Waals surface area contributed by atoms with E-state index in [1.807, 2.05) is 26.1 Å². The summed E-state index contributed by atoms with van der Waals surface area (Å²) in [6, 6.07) is 3.75. The number of hydrazine groups is 1. The number of anilines is 2. The van der Waals surface area contributed by atoms with Crippen molar-refractivity contribution < 1.29 is 0 Å². The van der Waals surface area contributed by atoms with Crippen LogP contribution in [0.4, 0.5) is 11.6 Å². The van der Waals surface area contributed by atoms with Crippen molar-refractivity contribution >= 4 is 11.6 Å². The van der Waals surface area contributed by atoms with Crippen LogP contribution >= 0.6 is 0 Å². The molecule has 0 radical (unpaired) electrons. The molecule has 94 valence electrons. The van der Waals surface area contributed by atoms with Gasteiger partial charge in [0.05, 0.1) is 0 Å². The molecule has 4 N–H and O–H groups in total. The van der Waals surface area contributed by atoms with Crippen LogP contribution in [0, 0.1) is 13.8 Å². The molecule has 2 heterocycles. The number of nitrogen functional groups attached to an aromatic ring is 1. The summed E-state index contributed by atoms with van der Waals surface area (Å²) in [6.07, 6.45) is 3.62. The van der Waals surface area contributed by atoms with Crippen LogP contribution in [0.2, 0.25) is 0 Å². The van der Waals surface area contributed by atoms with Crippen LogP contribution < -0.4 is 16.6 Å². The number of aryl methyl sites for hydroxylation is 2. The lowest BCUT2D eigenvalue weighted by Crippen LogP contribution is -2.11. The molecule has 0 atom stereocenters. The predicted octanol–water partition coefficient (Wildman–Crippen LogP) is 1.39. The summed E-state index contributed by atoms with van der Waals surface area (Å²) in [4.78, 5) is 12.5. The van der Waals surface area contributed by atoms with E-state index in [0.717, 1.165) is 11.4 Å². The van der Waals surface area contributed by atoms with Gasteiger partial charge in [0.25, 0.3) is 0 Å². The molecule has 0 aliphatic rings. The average Bonchev–Trinajstić information content (AvgIpc) is 2.37. The maximum atomic E-state index is 5.34. The third-order valence-corrected chi connectivity index (χ3v) is 2.58. The van der Waals surface area contributed by atoms with Gasteiger partial charge in [-0.05, 0) is 31.0 Å². The van der Waals surface area contributed by atoms with Gasteiger partial charge in [-0.15, -0.1) is 0 Å². The van der Waals surface area contributed by atoms with Crippen molar-refractivity contribution in [1.29, 1.82) is 0 Å². The largest absolute Gasteiger partial charge is 0.366 e. The number of rotatable bonds is 4. The second-order valence-electron chi connectivity index (χ2n) is 3.99. The number of nitrogens with two attached hydrogens (primary N) is 1. The molecule has 0 aromatic carbocycles. The molecule has 0 fully saturated rings. The van der Waals surface area contributed by atoms with Gasteiger partial charge in [0.1, 0.15) is 17.5 Å². The molecular weight excluding hydrogens is 228 g/mol. The smallest absolute Gasteiger partial charge is 0.145 e. The van der Waals surface area contributed by atoms with Gasteiger partial charge in [-0.1, -0.05) is 0 Å². The molecule has 0 amide bonds. The Kier molecular flexibility index (Phi) is 3.69. The summed E-state index contributed by atoms with van der Waals surface area (Å²) >= 11 is 0. The van der Waals surface area contributed by atoms with Crippen molar-refractivity contribution in [3.63, 3.8) is 0 Å². The Labute approximate surface area is 106 Å². The fraction of sp³-hybridized carbons (Fsp3) is 0.250. The van der Waals surface area contributed by atoms with Crippen molar-refractivity contribution in [2.45, 2.75) is 20.4 Å². The minimum atomic E-state index is 0.594. The van der Waals surface area contributed by atoms with E-state index < -0.39 is 0 Å². The van der Waals surface area contributed by atoms with E-state index >= 15 is 0 Å². The van der Waals surface area contributed by atoms with Crippen molar-refractivity contribution in [2.24, 2.45) is 5.84 Å². The number of aromatic nitrogens is 3. The molecule has 0 aliphatic carbocycles. The highest BCUT2D eigenvalue weighted by Crippen LogP contribution is 2.12. The van der Waals surface area contributed by atoms with Gasteiger partial charge in [0, 0.05) is 25.0 Å². The van der Waals surface area contributed by atoms with Crippen molar-refractivity contribution in [2.75, 3.05) is 10.7 Å². The highest BCUT2D eigenvalue weighted by atomic mass is 15.3. The summed E-state index contributed by atoms with van der Waals surface area (Å²) in [5, 5.41) is 3.24. The lowest BCUT2D eigenvalue weighted by atomic mass is 10.1. The molecule has 0 saturated carbocycles. The van der Waals surface area contributed by atoms with Crippen LogP contribution in [0.5, 0.6) is 0 Å². The van der Waals surface area contributed by atoms with Crippen LogP contribution in [-0.4, -0.2) is 15.0 Å². The first kappa shape index (κ1) is 12.3. The molecule has 0 aliphatic heterocycles. The van der Waals surface area contributed by atoms with Gasteiger partial charge in [0.15, 0.2) is 0 Å². The highest BCUT2D eigenvalue weighted by molar-refractivity contribution is 5.47.